The zero-order chi connectivity index (χ0) is 22.3. The molecular weight excluding hydrogens is 396 g/mol. The van der Waals surface area contributed by atoms with Crippen molar-refractivity contribution in [1.82, 2.24) is 10.6 Å². The van der Waals surface area contributed by atoms with Crippen LogP contribution in [0.4, 0.5) is 0 Å². The summed E-state index contributed by atoms with van der Waals surface area (Å²) in [5.41, 5.74) is 2.39. The van der Waals surface area contributed by atoms with Crippen LogP contribution in [0.25, 0.3) is 0 Å². The average Bonchev–Trinajstić information content (AvgIpc) is 2.76. The summed E-state index contributed by atoms with van der Waals surface area (Å²) < 4.78 is 16.5. The lowest BCUT2D eigenvalue weighted by Gasteiger charge is -2.10. The van der Waals surface area contributed by atoms with E-state index in [1.165, 1.54) is 25.0 Å². The lowest BCUT2D eigenvalue weighted by molar-refractivity contribution is -0.119. The minimum absolute atomic E-state index is 0.0000230. The van der Waals surface area contributed by atoms with Crippen molar-refractivity contribution in [1.29, 1.82) is 0 Å². The Morgan fingerprint density at radius 3 is 1.42 bits per heavy atom. The van der Waals surface area contributed by atoms with Crippen LogP contribution in [-0.4, -0.2) is 38.5 Å². The predicted molar refractivity (Wildman–Crippen MR) is 119 cm³/mol. The molecule has 2 aromatic rings. The van der Waals surface area contributed by atoms with Gasteiger partial charge in [-0.15, -0.1) is 0 Å². The van der Waals surface area contributed by atoms with Gasteiger partial charge in [0, 0.05) is 26.9 Å². The lowest BCUT2D eigenvalue weighted by Crippen LogP contribution is -2.21. The second kappa shape index (κ2) is 14.0. The zero-order valence-electron chi connectivity index (χ0n) is 18.3. The number of hydrogen-bond donors (Lipinski definition) is 2. The summed E-state index contributed by atoms with van der Waals surface area (Å²) in [5, 5.41) is 5.58. The first-order valence-corrected chi connectivity index (χ1v) is 10.5. The quantitative estimate of drug-likeness (QED) is 0.356. The van der Waals surface area contributed by atoms with Crippen molar-refractivity contribution in [3.05, 3.63) is 59.7 Å². The molecule has 0 atom stereocenters. The molecule has 0 unspecified atom stereocenters. The molecule has 0 aliphatic carbocycles. The average molecular weight is 429 g/mol. The van der Waals surface area contributed by atoms with Crippen LogP contribution in [0.5, 0.6) is 11.5 Å². The zero-order valence-corrected chi connectivity index (χ0v) is 18.3. The van der Waals surface area contributed by atoms with Gasteiger partial charge in [-0.05, 0) is 61.1 Å². The fourth-order valence-electron chi connectivity index (χ4n) is 2.87. The Labute approximate surface area is 184 Å². The molecular formula is C24H32N2O5. The van der Waals surface area contributed by atoms with Crippen LogP contribution in [0.3, 0.4) is 0 Å². The van der Waals surface area contributed by atoms with Gasteiger partial charge in [0.05, 0.1) is 0 Å². The number of benzene rings is 2. The number of carbonyl (C=O) groups is 2. The topological polar surface area (TPSA) is 85.9 Å². The van der Waals surface area contributed by atoms with Crippen LogP contribution in [-0.2, 0) is 27.2 Å². The molecule has 2 amide bonds. The Balaban J connectivity index is 1.56. The van der Waals surface area contributed by atoms with E-state index in [4.69, 9.17) is 14.2 Å². The molecule has 2 aromatic carbocycles. The molecule has 0 fully saturated rings. The first-order valence-electron chi connectivity index (χ1n) is 10.5. The second-order valence-electron chi connectivity index (χ2n) is 7.19. The summed E-state index contributed by atoms with van der Waals surface area (Å²) in [7, 11) is 0. The summed E-state index contributed by atoms with van der Waals surface area (Å²) in [6.07, 6.45) is 3.61. The Bertz CT molecular complexity index is 723. The minimum atomic E-state index is -0.0000230. The SMILES string of the molecule is CC(=O)NCCCc1ccc(OCOCOc2ccc(CCCNC(C)=O)cc2)cc1. The smallest absolute Gasteiger partial charge is 0.216 e. The molecule has 2 rings (SSSR count). The number of rotatable bonds is 14. The number of carbonyl (C=O) groups excluding carboxylic acids is 2. The summed E-state index contributed by atoms with van der Waals surface area (Å²) >= 11 is 0. The third-order valence-electron chi connectivity index (χ3n) is 4.50. The minimum Gasteiger partial charge on any atom is -0.467 e. The molecule has 0 spiro atoms. The van der Waals surface area contributed by atoms with E-state index in [9.17, 15) is 9.59 Å². The van der Waals surface area contributed by atoms with E-state index >= 15 is 0 Å². The Morgan fingerprint density at radius 1 is 0.677 bits per heavy atom. The maximum atomic E-state index is 10.8. The van der Waals surface area contributed by atoms with Crippen LogP contribution >= 0.6 is 0 Å². The van der Waals surface area contributed by atoms with Gasteiger partial charge in [0.15, 0.2) is 13.6 Å². The van der Waals surface area contributed by atoms with E-state index in [2.05, 4.69) is 10.6 Å². The fraction of sp³-hybridized carbons (Fsp3) is 0.417. The highest BCUT2D eigenvalue weighted by atomic mass is 16.7. The lowest BCUT2D eigenvalue weighted by atomic mass is 10.1. The molecule has 0 bridgehead atoms. The van der Waals surface area contributed by atoms with Gasteiger partial charge in [-0.3, -0.25) is 9.59 Å². The van der Waals surface area contributed by atoms with E-state index in [1.54, 1.807) is 0 Å². The van der Waals surface area contributed by atoms with Crippen LogP contribution in [0.1, 0.15) is 37.8 Å². The molecule has 0 aromatic heterocycles. The summed E-state index contributed by atoms with van der Waals surface area (Å²) in [6, 6.07) is 15.7. The van der Waals surface area contributed by atoms with Crippen LogP contribution in [0, 0.1) is 0 Å². The molecule has 0 saturated carbocycles. The molecule has 7 heteroatoms. The molecule has 0 heterocycles. The Kier molecular flexibility index (Phi) is 11.0. The van der Waals surface area contributed by atoms with Crippen LogP contribution in [0.2, 0.25) is 0 Å². The van der Waals surface area contributed by atoms with Gasteiger partial charge in [-0.25, -0.2) is 0 Å². The molecule has 0 saturated heterocycles. The maximum Gasteiger partial charge on any atom is 0.216 e. The third-order valence-corrected chi connectivity index (χ3v) is 4.50. The largest absolute Gasteiger partial charge is 0.467 e. The number of ether oxygens (including phenoxy) is 3. The van der Waals surface area contributed by atoms with Gasteiger partial charge in [-0.2, -0.15) is 0 Å². The van der Waals surface area contributed by atoms with Crippen molar-refractivity contribution < 1.29 is 23.8 Å². The first-order chi connectivity index (χ1) is 15.0. The fourth-order valence-corrected chi connectivity index (χ4v) is 2.87. The molecule has 168 valence electrons. The highest BCUT2D eigenvalue weighted by Gasteiger charge is 1.99. The van der Waals surface area contributed by atoms with E-state index in [0.717, 1.165) is 37.2 Å². The van der Waals surface area contributed by atoms with Crippen molar-refractivity contribution in [3.63, 3.8) is 0 Å². The van der Waals surface area contributed by atoms with Gasteiger partial charge in [0.1, 0.15) is 11.5 Å². The summed E-state index contributed by atoms with van der Waals surface area (Å²) in [4.78, 5) is 21.7. The van der Waals surface area contributed by atoms with Crippen molar-refractivity contribution >= 4 is 11.8 Å². The van der Waals surface area contributed by atoms with Gasteiger partial charge < -0.3 is 24.8 Å². The molecule has 0 aliphatic heterocycles. The Morgan fingerprint density at radius 2 is 1.06 bits per heavy atom. The van der Waals surface area contributed by atoms with Crippen molar-refractivity contribution in [2.75, 3.05) is 26.7 Å². The van der Waals surface area contributed by atoms with Gasteiger partial charge in [0.25, 0.3) is 0 Å². The first kappa shape index (κ1) is 24.2. The molecule has 7 nitrogen and oxygen atoms in total. The molecule has 2 N–H and O–H groups in total. The summed E-state index contributed by atoms with van der Waals surface area (Å²) in [6.45, 7) is 4.61. The summed E-state index contributed by atoms with van der Waals surface area (Å²) in [5.74, 6) is 1.46. The van der Waals surface area contributed by atoms with Crippen molar-refractivity contribution in [3.8, 4) is 11.5 Å². The van der Waals surface area contributed by atoms with Crippen LogP contribution in [0.15, 0.2) is 48.5 Å². The monoisotopic (exact) mass is 428 g/mol. The number of hydrogen-bond acceptors (Lipinski definition) is 5. The number of nitrogens with one attached hydrogen (secondary N) is 2. The van der Waals surface area contributed by atoms with E-state index < -0.39 is 0 Å². The molecule has 31 heavy (non-hydrogen) atoms. The van der Waals surface area contributed by atoms with E-state index in [1.807, 2.05) is 48.5 Å². The van der Waals surface area contributed by atoms with Crippen molar-refractivity contribution in [2.45, 2.75) is 39.5 Å². The highest BCUT2D eigenvalue weighted by molar-refractivity contribution is 5.73. The third kappa shape index (κ3) is 11.1. The Hall–Kier alpha value is -3.06. The second-order valence-corrected chi connectivity index (χ2v) is 7.19. The van der Waals surface area contributed by atoms with Gasteiger partial charge in [0.2, 0.25) is 11.8 Å². The van der Waals surface area contributed by atoms with Gasteiger partial charge >= 0.3 is 0 Å². The normalized spacial score (nSPS) is 10.4. The number of amides is 2. The predicted octanol–water partition coefficient (Wildman–Crippen LogP) is 3.21. The highest BCUT2D eigenvalue weighted by Crippen LogP contribution is 2.15. The van der Waals surface area contributed by atoms with E-state index in [0.29, 0.717) is 13.1 Å². The number of aryl methyl sites for hydroxylation is 2. The van der Waals surface area contributed by atoms with Crippen molar-refractivity contribution in [2.24, 2.45) is 0 Å². The maximum absolute atomic E-state index is 10.8. The molecule has 0 aliphatic rings. The standard InChI is InChI=1S/C24H32N2O5/c1-19(27)25-15-3-5-21-7-11-23(12-8-21)30-17-29-18-31-24-13-9-22(10-14-24)6-4-16-26-20(2)28/h7-14H,3-6,15-18H2,1-2H3,(H,25,27)(H,26,28). The molecule has 0 radical (unpaired) electrons. The van der Waals surface area contributed by atoms with E-state index in [-0.39, 0.29) is 25.4 Å². The van der Waals surface area contributed by atoms with Crippen LogP contribution < -0.4 is 20.1 Å². The van der Waals surface area contributed by atoms with Gasteiger partial charge in [-0.1, -0.05) is 24.3 Å².